The van der Waals surface area contributed by atoms with E-state index in [1.54, 1.807) is 6.07 Å². The van der Waals surface area contributed by atoms with Gasteiger partial charge in [-0.05, 0) is 12.0 Å². The number of hydrogen-bond donors (Lipinski definition) is 3. The molecule has 0 fully saturated rings. The highest BCUT2D eigenvalue weighted by molar-refractivity contribution is 5.52. The summed E-state index contributed by atoms with van der Waals surface area (Å²) < 4.78 is 0. The van der Waals surface area contributed by atoms with Gasteiger partial charge in [0.05, 0.1) is 6.10 Å². The van der Waals surface area contributed by atoms with Crippen LogP contribution in [0.3, 0.4) is 0 Å². The molecule has 72 valence electrons. The first kappa shape index (κ1) is 9.86. The van der Waals surface area contributed by atoms with E-state index in [1.807, 2.05) is 13.8 Å². The van der Waals surface area contributed by atoms with Crippen LogP contribution in [0.1, 0.15) is 25.5 Å². The zero-order chi connectivity index (χ0) is 10.0. The van der Waals surface area contributed by atoms with Gasteiger partial charge in [0.2, 0.25) is 0 Å². The molecule has 0 spiro atoms. The standard InChI is InChI=1S/C10H15NO2/c1-6(2)10(13)8-4-3-7(12)5-9(8)11/h3-6,10,12-13H,11H2,1-2H3. The molecule has 0 heterocycles. The number of hydrogen-bond acceptors (Lipinski definition) is 3. The van der Waals surface area contributed by atoms with E-state index in [1.165, 1.54) is 12.1 Å². The second-order valence-corrected chi connectivity index (χ2v) is 3.50. The Balaban J connectivity index is 3.01. The minimum absolute atomic E-state index is 0.117. The van der Waals surface area contributed by atoms with Crippen molar-refractivity contribution in [1.82, 2.24) is 0 Å². The van der Waals surface area contributed by atoms with Crippen molar-refractivity contribution in [2.45, 2.75) is 20.0 Å². The summed E-state index contributed by atoms with van der Waals surface area (Å²) in [7, 11) is 0. The number of phenols is 1. The molecule has 0 bridgehead atoms. The Morgan fingerprint density at radius 3 is 2.38 bits per heavy atom. The smallest absolute Gasteiger partial charge is 0.117 e. The summed E-state index contributed by atoms with van der Waals surface area (Å²) in [6, 6.07) is 4.62. The monoisotopic (exact) mass is 181 g/mol. The van der Waals surface area contributed by atoms with Crippen LogP contribution >= 0.6 is 0 Å². The third-order valence-electron chi connectivity index (χ3n) is 2.02. The molecule has 13 heavy (non-hydrogen) atoms. The van der Waals surface area contributed by atoms with Crippen molar-refractivity contribution >= 4 is 5.69 Å². The summed E-state index contributed by atoms with van der Waals surface area (Å²) in [6.07, 6.45) is -0.569. The van der Waals surface area contributed by atoms with E-state index in [-0.39, 0.29) is 11.7 Å². The van der Waals surface area contributed by atoms with Crippen LogP contribution in [0.15, 0.2) is 18.2 Å². The predicted octanol–water partition coefficient (Wildman–Crippen LogP) is 1.66. The van der Waals surface area contributed by atoms with Gasteiger partial charge in [-0.2, -0.15) is 0 Å². The van der Waals surface area contributed by atoms with Crippen molar-refractivity contribution < 1.29 is 10.2 Å². The first-order valence-electron chi connectivity index (χ1n) is 4.29. The Hall–Kier alpha value is -1.22. The molecule has 1 unspecified atom stereocenters. The van der Waals surface area contributed by atoms with Gasteiger partial charge in [-0.15, -0.1) is 0 Å². The zero-order valence-corrected chi connectivity index (χ0v) is 7.86. The van der Waals surface area contributed by atoms with Gasteiger partial charge in [-0.1, -0.05) is 19.9 Å². The van der Waals surface area contributed by atoms with Crippen molar-refractivity contribution in [2.24, 2.45) is 5.92 Å². The summed E-state index contributed by atoms with van der Waals surface area (Å²) in [5, 5.41) is 18.8. The van der Waals surface area contributed by atoms with Gasteiger partial charge in [0.15, 0.2) is 0 Å². The first-order chi connectivity index (χ1) is 6.02. The lowest BCUT2D eigenvalue weighted by atomic mass is 9.98. The molecule has 1 atom stereocenters. The van der Waals surface area contributed by atoms with Gasteiger partial charge in [0.1, 0.15) is 5.75 Å². The molecule has 1 aromatic rings. The van der Waals surface area contributed by atoms with Crippen molar-refractivity contribution in [3.63, 3.8) is 0 Å². The number of nitrogens with two attached hydrogens (primary N) is 1. The number of aliphatic hydroxyl groups is 1. The Bertz CT molecular complexity index is 297. The van der Waals surface area contributed by atoms with Crippen LogP contribution < -0.4 is 5.73 Å². The second kappa shape index (κ2) is 3.66. The molecule has 1 rings (SSSR count). The van der Waals surface area contributed by atoms with Crippen LogP contribution in [-0.4, -0.2) is 10.2 Å². The van der Waals surface area contributed by atoms with Crippen molar-refractivity contribution in [1.29, 1.82) is 0 Å². The summed E-state index contributed by atoms with van der Waals surface area (Å²) >= 11 is 0. The van der Waals surface area contributed by atoms with Crippen LogP contribution in [0.4, 0.5) is 5.69 Å². The third-order valence-corrected chi connectivity index (χ3v) is 2.02. The number of benzene rings is 1. The molecule has 0 aromatic heterocycles. The highest BCUT2D eigenvalue weighted by Gasteiger charge is 2.14. The SMILES string of the molecule is CC(C)C(O)c1ccc(O)cc1N. The van der Waals surface area contributed by atoms with E-state index in [2.05, 4.69) is 0 Å². The van der Waals surface area contributed by atoms with Crippen LogP contribution in [0, 0.1) is 5.92 Å². The Morgan fingerprint density at radius 2 is 1.92 bits per heavy atom. The lowest BCUT2D eigenvalue weighted by molar-refractivity contribution is 0.127. The lowest BCUT2D eigenvalue weighted by Gasteiger charge is -2.16. The van der Waals surface area contributed by atoms with Crippen molar-refractivity contribution in [2.75, 3.05) is 5.73 Å². The van der Waals surface area contributed by atoms with Gasteiger partial charge in [-0.3, -0.25) is 0 Å². The number of rotatable bonds is 2. The van der Waals surface area contributed by atoms with Crippen LogP contribution in [0.5, 0.6) is 5.75 Å². The molecule has 0 amide bonds. The van der Waals surface area contributed by atoms with Crippen molar-refractivity contribution in [3.8, 4) is 5.75 Å². The minimum atomic E-state index is -0.569. The topological polar surface area (TPSA) is 66.5 Å². The average molecular weight is 181 g/mol. The number of aromatic hydroxyl groups is 1. The fourth-order valence-electron chi connectivity index (χ4n) is 1.19. The third kappa shape index (κ3) is 2.12. The Kier molecular flexibility index (Phi) is 2.78. The minimum Gasteiger partial charge on any atom is -0.508 e. The number of anilines is 1. The molecule has 4 N–H and O–H groups in total. The van der Waals surface area contributed by atoms with Gasteiger partial charge in [-0.25, -0.2) is 0 Å². The molecule has 3 heteroatoms. The maximum atomic E-state index is 9.71. The van der Waals surface area contributed by atoms with Crippen LogP contribution in [0.2, 0.25) is 0 Å². The van der Waals surface area contributed by atoms with Crippen LogP contribution in [-0.2, 0) is 0 Å². The average Bonchev–Trinajstić information content (AvgIpc) is 2.03. The highest BCUT2D eigenvalue weighted by atomic mass is 16.3. The van der Waals surface area contributed by atoms with Gasteiger partial charge >= 0.3 is 0 Å². The maximum absolute atomic E-state index is 9.71. The van der Waals surface area contributed by atoms with E-state index < -0.39 is 6.10 Å². The summed E-state index contributed by atoms with van der Waals surface area (Å²) in [5.74, 6) is 0.240. The van der Waals surface area contributed by atoms with E-state index in [4.69, 9.17) is 10.8 Å². The van der Waals surface area contributed by atoms with Gasteiger partial charge < -0.3 is 15.9 Å². The summed E-state index contributed by atoms with van der Waals surface area (Å²) in [5.41, 5.74) is 6.75. The number of aliphatic hydroxyl groups excluding tert-OH is 1. The molecular formula is C10H15NO2. The molecule has 0 saturated heterocycles. The number of phenolic OH excluding ortho intramolecular Hbond substituents is 1. The van der Waals surface area contributed by atoms with E-state index >= 15 is 0 Å². The first-order valence-corrected chi connectivity index (χ1v) is 4.29. The molecule has 1 aromatic carbocycles. The lowest BCUT2D eigenvalue weighted by Crippen LogP contribution is -2.07. The molecule has 0 radical (unpaired) electrons. The number of nitrogen functional groups attached to an aromatic ring is 1. The molecule has 0 aliphatic carbocycles. The predicted molar refractivity (Wildman–Crippen MR) is 52.3 cm³/mol. The molecule has 0 aliphatic heterocycles. The van der Waals surface area contributed by atoms with E-state index in [9.17, 15) is 5.11 Å². The fraction of sp³-hybridized carbons (Fsp3) is 0.400. The molecular weight excluding hydrogens is 166 g/mol. The molecule has 0 aliphatic rings. The summed E-state index contributed by atoms with van der Waals surface area (Å²) in [4.78, 5) is 0. The molecule has 3 nitrogen and oxygen atoms in total. The Labute approximate surface area is 77.8 Å². The van der Waals surface area contributed by atoms with Crippen LogP contribution in [0.25, 0.3) is 0 Å². The molecule has 0 saturated carbocycles. The van der Waals surface area contributed by atoms with Gasteiger partial charge in [0.25, 0.3) is 0 Å². The maximum Gasteiger partial charge on any atom is 0.117 e. The van der Waals surface area contributed by atoms with E-state index in [0.29, 0.717) is 11.3 Å². The summed E-state index contributed by atoms with van der Waals surface area (Å²) in [6.45, 7) is 3.83. The fourth-order valence-corrected chi connectivity index (χ4v) is 1.19. The van der Waals surface area contributed by atoms with E-state index in [0.717, 1.165) is 0 Å². The second-order valence-electron chi connectivity index (χ2n) is 3.50. The van der Waals surface area contributed by atoms with Gasteiger partial charge in [0, 0.05) is 17.3 Å². The largest absolute Gasteiger partial charge is 0.508 e. The zero-order valence-electron chi connectivity index (χ0n) is 7.86. The normalized spacial score (nSPS) is 13.2. The highest BCUT2D eigenvalue weighted by Crippen LogP contribution is 2.28. The van der Waals surface area contributed by atoms with Crippen molar-refractivity contribution in [3.05, 3.63) is 23.8 Å². The quantitative estimate of drug-likeness (QED) is 0.608. The Morgan fingerprint density at radius 1 is 1.31 bits per heavy atom.